The van der Waals surface area contributed by atoms with Gasteiger partial charge in [-0.2, -0.15) is 13.4 Å². The van der Waals surface area contributed by atoms with E-state index in [1.807, 2.05) is 30.3 Å². The third-order valence-electron chi connectivity index (χ3n) is 6.34. The van der Waals surface area contributed by atoms with Gasteiger partial charge in [0.15, 0.2) is 0 Å². The molecule has 14 heteroatoms. The number of hydrogen-bond donors (Lipinski definition) is 3. The van der Waals surface area contributed by atoms with Gasteiger partial charge in [0, 0.05) is 23.9 Å². The summed E-state index contributed by atoms with van der Waals surface area (Å²) in [6.07, 6.45) is 0.149. The molecule has 0 bridgehead atoms. The molecule has 44 heavy (non-hydrogen) atoms. The maximum absolute atomic E-state index is 13.1. The zero-order valence-corrected chi connectivity index (χ0v) is 25.6. The summed E-state index contributed by atoms with van der Waals surface area (Å²) in [7, 11) is -4.18. The smallest absolute Gasteiger partial charge is 0.435 e. The Morgan fingerprint density at radius 2 is 1.66 bits per heavy atom. The van der Waals surface area contributed by atoms with Crippen LogP contribution in [0.15, 0.2) is 99.7 Å². The van der Waals surface area contributed by atoms with Crippen LogP contribution in [0.5, 0.6) is 0 Å². The topological polar surface area (TPSA) is 162 Å². The van der Waals surface area contributed by atoms with Crippen LogP contribution < -0.4 is 21.4 Å². The van der Waals surface area contributed by atoms with Crippen molar-refractivity contribution in [3.63, 3.8) is 0 Å². The van der Waals surface area contributed by atoms with E-state index in [4.69, 9.17) is 33.7 Å². The second-order valence-electron chi connectivity index (χ2n) is 9.51. The van der Waals surface area contributed by atoms with Crippen LogP contribution in [0.1, 0.15) is 27.8 Å². The summed E-state index contributed by atoms with van der Waals surface area (Å²) >= 11 is 11.8. The molecular formula is C30H27Cl2N5O6S. The number of ether oxygens (including phenoxy) is 1. The lowest BCUT2D eigenvalue weighted by Crippen LogP contribution is -2.36. The summed E-state index contributed by atoms with van der Waals surface area (Å²) in [5.41, 5.74) is 7.89. The Hall–Kier alpha value is -4.65. The Morgan fingerprint density at radius 1 is 0.955 bits per heavy atom. The van der Waals surface area contributed by atoms with Gasteiger partial charge in [0.05, 0.1) is 21.4 Å². The highest BCUT2D eigenvalue weighted by Gasteiger charge is 2.19. The van der Waals surface area contributed by atoms with Crippen molar-refractivity contribution in [2.45, 2.75) is 31.4 Å². The molecule has 0 unspecified atom stereocenters. The highest BCUT2D eigenvalue weighted by Crippen LogP contribution is 2.25. The van der Waals surface area contributed by atoms with Crippen LogP contribution in [0.3, 0.4) is 0 Å². The number of aromatic nitrogens is 1. The lowest BCUT2D eigenvalue weighted by atomic mass is 10.1. The normalized spacial score (nSPS) is 11.6. The molecule has 4 rings (SSSR count). The lowest BCUT2D eigenvalue weighted by molar-refractivity contribution is -0.120. The fraction of sp³-hybridized carbons (Fsp3) is 0.133. The van der Waals surface area contributed by atoms with Gasteiger partial charge in [-0.15, -0.1) is 0 Å². The summed E-state index contributed by atoms with van der Waals surface area (Å²) in [6.45, 7) is 1.85. The Bertz CT molecular complexity index is 1880. The van der Waals surface area contributed by atoms with E-state index in [-0.39, 0.29) is 45.9 Å². The summed E-state index contributed by atoms with van der Waals surface area (Å²) < 4.78 is 31.5. The van der Waals surface area contributed by atoms with Crippen LogP contribution in [0.25, 0.3) is 0 Å². The molecule has 0 spiro atoms. The number of carbonyl (C=O) groups is 2. The molecule has 0 saturated carbocycles. The van der Waals surface area contributed by atoms with Crippen molar-refractivity contribution in [1.82, 2.24) is 9.99 Å². The summed E-state index contributed by atoms with van der Waals surface area (Å²) in [5, 5.41) is 2.95. The first-order chi connectivity index (χ1) is 20.9. The number of sulfonamides is 1. The monoisotopic (exact) mass is 655 g/mol. The number of nitrogens with zero attached hydrogens (tertiary/aromatic N) is 2. The SMILES string of the molecule is Cc1ccn(NS(=O)(=O)c2ccc(Cl)c(Cl)c2)c(=O)c1CC(=O)NCc1ccc(/C(N)=N/C(=O)OCc2ccccc2)cc1. The predicted octanol–water partition coefficient (Wildman–Crippen LogP) is 4.30. The molecule has 2 amide bonds. The van der Waals surface area contributed by atoms with Crippen LogP contribution >= 0.6 is 23.2 Å². The second kappa shape index (κ2) is 14.2. The second-order valence-corrected chi connectivity index (χ2v) is 12.0. The number of aliphatic imine (C=N–C) groups is 1. The average Bonchev–Trinajstić information content (AvgIpc) is 3.00. The largest absolute Gasteiger partial charge is 0.443 e. The zero-order valence-electron chi connectivity index (χ0n) is 23.3. The van der Waals surface area contributed by atoms with Gasteiger partial charge in [-0.1, -0.05) is 77.8 Å². The van der Waals surface area contributed by atoms with Crippen molar-refractivity contribution in [3.05, 3.63) is 133 Å². The molecule has 0 aliphatic rings. The van der Waals surface area contributed by atoms with E-state index >= 15 is 0 Å². The highest BCUT2D eigenvalue weighted by molar-refractivity contribution is 7.92. The molecular weight excluding hydrogens is 629 g/mol. The van der Waals surface area contributed by atoms with Gasteiger partial charge in [-0.25, -0.2) is 14.3 Å². The Morgan fingerprint density at radius 3 is 2.34 bits per heavy atom. The number of pyridine rings is 1. The Kier molecular flexibility index (Phi) is 10.4. The third kappa shape index (κ3) is 8.47. The molecule has 1 heterocycles. The minimum atomic E-state index is -4.18. The fourth-order valence-electron chi connectivity index (χ4n) is 3.91. The number of hydrogen-bond acceptors (Lipinski definition) is 6. The third-order valence-corrected chi connectivity index (χ3v) is 8.39. The average molecular weight is 657 g/mol. The van der Waals surface area contributed by atoms with Crippen molar-refractivity contribution in [1.29, 1.82) is 0 Å². The summed E-state index contributed by atoms with van der Waals surface area (Å²) in [5.74, 6) is -0.481. The number of amides is 2. The van der Waals surface area contributed by atoms with Crippen LogP contribution in [0.2, 0.25) is 10.0 Å². The number of rotatable bonds is 10. The standard InChI is InChI=1S/C30H27Cl2N5O6S/c1-19-13-14-37(36-44(41,42)23-11-12-25(31)26(32)15-23)29(39)24(19)16-27(38)34-17-20-7-9-22(10-8-20)28(33)35-30(40)43-18-21-5-3-2-4-6-21/h2-15,36H,16-18H2,1H3,(H,34,38)(H2,33,35,40). The molecule has 228 valence electrons. The van der Waals surface area contributed by atoms with Crippen molar-refractivity contribution < 1.29 is 22.7 Å². The van der Waals surface area contributed by atoms with Crippen molar-refractivity contribution >= 4 is 51.1 Å². The fourth-order valence-corrected chi connectivity index (χ4v) is 5.30. The van der Waals surface area contributed by atoms with Gasteiger partial charge in [-0.3, -0.25) is 9.59 Å². The molecule has 1 aromatic heterocycles. The molecule has 3 aromatic carbocycles. The number of halogens is 2. The molecule has 0 atom stereocenters. The van der Waals surface area contributed by atoms with Crippen LogP contribution in [0.4, 0.5) is 4.79 Å². The first-order valence-corrected chi connectivity index (χ1v) is 15.3. The molecule has 0 fully saturated rings. The maximum atomic E-state index is 13.1. The minimum absolute atomic E-state index is 0.0238. The number of carbonyl (C=O) groups excluding carboxylic acids is 2. The molecule has 11 nitrogen and oxygen atoms in total. The van der Waals surface area contributed by atoms with E-state index in [9.17, 15) is 22.8 Å². The number of amidine groups is 1. The summed E-state index contributed by atoms with van der Waals surface area (Å²) in [4.78, 5) is 43.6. The predicted molar refractivity (Wildman–Crippen MR) is 168 cm³/mol. The van der Waals surface area contributed by atoms with E-state index in [2.05, 4.69) is 15.1 Å². The molecule has 4 N–H and O–H groups in total. The number of nitrogens with one attached hydrogen (secondary N) is 2. The quantitative estimate of drug-likeness (QED) is 0.169. The van der Waals surface area contributed by atoms with Gasteiger partial charge in [-0.05, 0) is 47.9 Å². The Labute approximate surface area is 263 Å². The maximum Gasteiger partial charge on any atom is 0.435 e. The molecule has 0 aliphatic heterocycles. The van der Waals surface area contributed by atoms with Gasteiger partial charge in [0.25, 0.3) is 15.6 Å². The van der Waals surface area contributed by atoms with Crippen LogP contribution in [0, 0.1) is 6.92 Å². The number of benzene rings is 3. The van der Waals surface area contributed by atoms with E-state index in [1.165, 1.54) is 24.4 Å². The van der Waals surface area contributed by atoms with Crippen LogP contribution in [-0.4, -0.2) is 30.9 Å². The van der Waals surface area contributed by atoms with Gasteiger partial charge in [0.2, 0.25) is 5.91 Å². The first-order valence-electron chi connectivity index (χ1n) is 13.0. The number of aryl methyl sites for hydroxylation is 1. The molecule has 0 aliphatic carbocycles. The van der Waals surface area contributed by atoms with Crippen molar-refractivity contribution in [2.24, 2.45) is 10.7 Å². The highest BCUT2D eigenvalue weighted by atomic mass is 35.5. The van der Waals surface area contributed by atoms with E-state index in [0.29, 0.717) is 11.1 Å². The van der Waals surface area contributed by atoms with Crippen LogP contribution in [-0.2, 0) is 39.1 Å². The minimum Gasteiger partial charge on any atom is -0.443 e. The number of nitrogens with two attached hydrogens (primary N) is 1. The van der Waals surface area contributed by atoms with Crippen molar-refractivity contribution in [2.75, 3.05) is 4.83 Å². The molecule has 4 aromatic rings. The van der Waals surface area contributed by atoms with Gasteiger partial charge >= 0.3 is 6.09 Å². The van der Waals surface area contributed by atoms with E-state index < -0.39 is 27.6 Å². The summed E-state index contributed by atoms with van der Waals surface area (Å²) in [6, 6.07) is 21.1. The zero-order chi connectivity index (χ0) is 31.9. The first kappa shape index (κ1) is 32.3. The van der Waals surface area contributed by atoms with Crippen molar-refractivity contribution in [3.8, 4) is 0 Å². The lowest BCUT2D eigenvalue weighted by Gasteiger charge is -2.14. The van der Waals surface area contributed by atoms with Gasteiger partial charge in [0.1, 0.15) is 12.4 Å². The van der Waals surface area contributed by atoms with Gasteiger partial charge < -0.3 is 15.8 Å². The Balaban J connectivity index is 1.35. The van der Waals surface area contributed by atoms with E-state index in [1.54, 1.807) is 31.2 Å². The van der Waals surface area contributed by atoms with E-state index in [0.717, 1.165) is 21.9 Å². The molecule has 0 radical (unpaired) electrons. The molecule has 0 saturated heterocycles.